The first kappa shape index (κ1) is 25.0. The molecule has 2 aliphatic rings. The zero-order valence-corrected chi connectivity index (χ0v) is 19.9. The second-order valence-electron chi connectivity index (χ2n) is 7.40. The standard InChI is InChI=1S/C18H29N3O8SSi/c1-5-6-7-8-27-18(25)20-15-11(10-28-17(19)24)14(16(23)29-31(3,4)26-2)21-12(22)9-13(21)30-15/h13,15H,5-10H2,1-4H3,(H2,19,24)(H,20,25)/t13-,15?/m1/s1. The van der Waals surface area contributed by atoms with E-state index in [0.29, 0.717) is 0 Å². The lowest BCUT2D eigenvalue weighted by molar-refractivity contribution is -0.146. The van der Waals surface area contributed by atoms with Crippen LogP contribution in [0.2, 0.25) is 13.1 Å². The van der Waals surface area contributed by atoms with E-state index in [9.17, 15) is 19.2 Å². The van der Waals surface area contributed by atoms with Crippen LogP contribution in [0.5, 0.6) is 0 Å². The molecule has 0 radical (unpaired) electrons. The second-order valence-corrected chi connectivity index (χ2v) is 12.1. The average molecular weight is 476 g/mol. The number of nitrogens with zero attached hydrogens (tertiary/aromatic N) is 1. The molecule has 13 heteroatoms. The minimum atomic E-state index is -2.80. The van der Waals surface area contributed by atoms with E-state index in [0.717, 1.165) is 19.3 Å². The third-order valence-electron chi connectivity index (χ3n) is 4.68. The van der Waals surface area contributed by atoms with E-state index in [1.54, 1.807) is 13.1 Å². The SMILES string of the molecule is CCCCCOC(=O)NC1S[C@@H]2CC(=O)N2C(C(=O)O[Si](C)(C)OC)=C1COC(N)=O. The van der Waals surface area contributed by atoms with Crippen LogP contribution in [-0.4, -0.2) is 68.6 Å². The number of nitrogens with two attached hydrogens (primary N) is 1. The molecule has 2 rings (SSSR count). The zero-order valence-electron chi connectivity index (χ0n) is 18.1. The Morgan fingerprint density at radius 1 is 1.26 bits per heavy atom. The third kappa shape index (κ3) is 6.61. The fraction of sp³-hybridized carbons (Fsp3) is 0.667. The Morgan fingerprint density at radius 2 is 1.97 bits per heavy atom. The minimum absolute atomic E-state index is 0.0739. The molecule has 3 N–H and O–H groups in total. The van der Waals surface area contributed by atoms with Gasteiger partial charge < -0.3 is 29.4 Å². The lowest BCUT2D eigenvalue weighted by Crippen LogP contribution is -2.58. The van der Waals surface area contributed by atoms with Crippen LogP contribution in [0.3, 0.4) is 0 Å². The van der Waals surface area contributed by atoms with Crippen LogP contribution in [0.1, 0.15) is 32.6 Å². The van der Waals surface area contributed by atoms with Gasteiger partial charge in [-0.2, -0.15) is 0 Å². The summed E-state index contributed by atoms with van der Waals surface area (Å²) in [5.74, 6) is -1.07. The van der Waals surface area contributed by atoms with Crippen molar-refractivity contribution in [1.82, 2.24) is 10.2 Å². The van der Waals surface area contributed by atoms with E-state index in [-0.39, 0.29) is 35.6 Å². The van der Waals surface area contributed by atoms with Crippen LogP contribution < -0.4 is 11.1 Å². The largest absolute Gasteiger partial charge is 0.490 e. The number of hydrogen-bond acceptors (Lipinski definition) is 9. The van der Waals surface area contributed by atoms with Gasteiger partial charge in [0.25, 0.3) is 0 Å². The first-order valence-corrected chi connectivity index (χ1v) is 13.7. The molecular formula is C18H29N3O8SSi. The number of carbonyl (C=O) groups excluding carboxylic acids is 4. The summed E-state index contributed by atoms with van der Waals surface area (Å²) >= 11 is 1.24. The van der Waals surface area contributed by atoms with E-state index in [2.05, 4.69) is 5.32 Å². The highest BCUT2D eigenvalue weighted by Gasteiger charge is 2.50. The normalized spacial score (nSPS) is 20.5. The molecule has 31 heavy (non-hydrogen) atoms. The molecule has 3 amide bonds. The maximum absolute atomic E-state index is 13.0. The second kappa shape index (κ2) is 10.9. The van der Waals surface area contributed by atoms with E-state index in [1.807, 2.05) is 6.92 Å². The van der Waals surface area contributed by atoms with Crippen LogP contribution in [0.4, 0.5) is 9.59 Å². The molecular weight excluding hydrogens is 446 g/mol. The summed E-state index contributed by atoms with van der Waals surface area (Å²) in [7, 11) is -1.37. The fourth-order valence-corrected chi connectivity index (χ4v) is 4.94. The number of rotatable bonds is 10. The summed E-state index contributed by atoms with van der Waals surface area (Å²) in [4.78, 5) is 50.0. The first-order valence-electron chi connectivity index (χ1n) is 9.94. The Hall–Kier alpha value is -2.25. The number of β-lactam (4-membered cyclic amide) rings is 1. The van der Waals surface area contributed by atoms with E-state index in [1.165, 1.54) is 23.8 Å². The van der Waals surface area contributed by atoms with Gasteiger partial charge in [0, 0.05) is 12.7 Å². The topological polar surface area (TPSA) is 146 Å². The number of fused-ring (bicyclic) bond motifs is 1. The Labute approximate surface area is 186 Å². The molecule has 2 heterocycles. The summed E-state index contributed by atoms with van der Waals surface area (Å²) in [5.41, 5.74) is 5.20. The molecule has 174 valence electrons. The molecule has 0 saturated carbocycles. The number of nitrogens with one attached hydrogen (secondary N) is 1. The molecule has 1 saturated heterocycles. The van der Waals surface area contributed by atoms with E-state index in [4.69, 9.17) is 24.1 Å². The summed E-state index contributed by atoms with van der Waals surface area (Å²) in [6.07, 6.45) is 1.10. The number of hydrogen-bond donors (Lipinski definition) is 2. The lowest BCUT2D eigenvalue weighted by Gasteiger charge is -2.47. The van der Waals surface area contributed by atoms with Crippen LogP contribution in [0.25, 0.3) is 0 Å². The van der Waals surface area contributed by atoms with Crippen molar-refractivity contribution in [1.29, 1.82) is 0 Å². The summed E-state index contributed by atoms with van der Waals surface area (Å²) < 4.78 is 20.9. The number of ether oxygens (including phenoxy) is 2. The van der Waals surface area contributed by atoms with Gasteiger partial charge >= 0.3 is 26.7 Å². The fourth-order valence-electron chi connectivity index (χ4n) is 2.91. The smallest absolute Gasteiger partial charge is 0.408 e. The number of thioether (sulfide) groups is 1. The zero-order chi connectivity index (χ0) is 23.2. The molecule has 1 fully saturated rings. The molecule has 2 aliphatic heterocycles. The van der Waals surface area contributed by atoms with Crippen LogP contribution in [0.15, 0.2) is 11.3 Å². The molecule has 0 spiro atoms. The maximum Gasteiger partial charge on any atom is 0.408 e. The van der Waals surface area contributed by atoms with E-state index >= 15 is 0 Å². The predicted octanol–water partition coefficient (Wildman–Crippen LogP) is 1.77. The van der Waals surface area contributed by atoms with Gasteiger partial charge in [0.05, 0.1) is 18.4 Å². The molecule has 0 bridgehead atoms. The van der Waals surface area contributed by atoms with Crippen LogP contribution in [-0.2, 0) is 27.9 Å². The van der Waals surface area contributed by atoms with Gasteiger partial charge in [-0.1, -0.05) is 19.8 Å². The van der Waals surface area contributed by atoms with E-state index < -0.39 is 38.7 Å². The quantitative estimate of drug-likeness (QED) is 0.274. The summed E-state index contributed by atoms with van der Waals surface area (Å²) in [5, 5.41) is 1.53. The average Bonchev–Trinajstić information content (AvgIpc) is 2.68. The number of alkyl carbamates (subject to hydrolysis) is 1. The highest BCUT2D eigenvalue weighted by Crippen LogP contribution is 2.43. The lowest BCUT2D eigenvalue weighted by atomic mass is 10.1. The number of primary amides is 1. The Bertz CT molecular complexity index is 760. The molecule has 1 unspecified atom stereocenters. The van der Waals surface area contributed by atoms with Crippen molar-refractivity contribution in [2.75, 3.05) is 20.3 Å². The van der Waals surface area contributed by atoms with Gasteiger partial charge in [-0.25, -0.2) is 14.4 Å². The monoisotopic (exact) mass is 475 g/mol. The molecule has 0 aromatic carbocycles. The van der Waals surface area contributed by atoms with Crippen molar-refractivity contribution in [3.63, 3.8) is 0 Å². The molecule has 0 aromatic heterocycles. The van der Waals surface area contributed by atoms with Crippen LogP contribution >= 0.6 is 11.8 Å². The van der Waals surface area contributed by atoms with Gasteiger partial charge in [-0.05, 0) is 19.5 Å². The Morgan fingerprint density at radius 3 is 2.55 bits per heavy atom. The van der Waals surface area contributed by atoms with Crippen molar-refractivity contribution in [2.45, 2.75) is 56.4 Å². The Kier molecular flexibility index (Phi) is 8.76. The van der Waals surface area contributed by atoms with Gasteiger partial charge in [0.15, 0.2) is 0 Å². The van der Waals surface area contributed by atoms with Crippen molar-refractivity contribution < 1.29 is 37.5 Å². The van der Waals surface area contributed by atoms with Crippen LogP contribution in [0, 0.1) is 0 Å². The van der Waals surface area contributed by atoms with Gasteiger partial charge in [-0.15, -0.1) is 11.8 Å². The highest BCUT2D eigenvalue weighted by molar-refractivity contribution is 8.00. The van der Waals surface area contributed by atoms with Crippen molar-refractivity contribution >= 4 is 44.4 Å². The molecule has 0 aliphatic carbocycles. The number of carbonyl (C=O) groups is 4. The molecule has 11 nitrogen and oxygen atoms in total. The van der Waals surface area contributed by atoms with Crippen molar-refractivity contribution in [3.05, 3.63) is 11.3 Å². The number of unbranched alkanes of at least 4 members (excludes halogenated alkanes) is 2. The predicted molar refractivity (Wildman–Crippen MR) is 114 cm³/mol. The first-order chi connectivity index (χ1) is 14.6. The third-order valence-corrected chi connectivity index (χ3v) is 7.71. The van der Waals surface area contributed by atoms with Gasteiger partial charge in [0.1, 0.15) is 17.7 Å². The molecule has 2 atom stereocenters. The molecule has 0 aromatic rings. The van der Waals surface area contributed by atoms with Gasteiger partial charge in [-0.3, -0.25) is 9.69 Å². The highest BCUT2D eigenvalue weighted by atomic mass is 32.2. The van der Waals surface area contributed by atoms with Crippen molar-refractivity contribution in [2.24, 2.45) is 5.73 Å². The van der Waals surface area contributed by atoms with Crippen molar-refractivity contribution in [3.8, 4) is 0 Å². The summed E-state index contributed by atoms with van der Waals surface area (Å²) in [6, 6.07) is 0. The van der Waals surface area contributed by atoms with Gasteiger partial charge in [0.2, 0.25) is 5.91 Å². The number of amides is 3. The minimum Gasteiger partial charge on any atom is -0.490 e. The Balaban J connectivity index is 2.30. The maximum atomic E-state index is 13.0. The summed E-state index contributed by atoms with van der Waals surface area (Å²) in [6.45, 7) is 5.22.